The Morgan fingerprint density at radius 1 is 0.952 bits per heavy atom. The van der Waals surface area contributed by atoms with Crippen LogP contribution < -0.4 is 9.46 Å². The first kappa shape index (κ1) is 29.9. The summed E-state index contributed by atoms with van der Waals surface area (Å²) in [5.74, 6) is -1.37. The van der Waals surface area contributed by atoms with Crippen LogP contribution in [0.5, 0.6) is 5.75 Å². The van der Waals surface area contributed by atoms with Gasteiger partial charge in [-0.1, -0.05) is 41.4 Å². The summed E-state index contributed by atoms with van der Waals surface area (Å²) in [5.41, 5.74) is 0.495. The number of fused-ring (bicyclic) bond motifs is 1. The Bertz CT molecular complexity index is 1720. The molecule has 2 heterocycles. The number of anilines is 1. The molecule has 14 heteroatoms. The van der Waals surface area contributed by atoms with Gasteiger partial charge < -0.3 is 9.64 Å². The minimum atomic E-state index is -5.14. The van der Waals surface area contributed by atoms with E-state index in [2.05, 4.69) is 19.3 Å². The number of para-hydroxylation sites is 1. The first-order valence-electron chi connectivity index (χ1n) is 12.6. The Kier molecular flexibility index (Phi) is 8.51. The van der Waals surface area contributed by atoms with E-state index in [1.807, 2.05) is 0 Å². The van der Waals surface area contributed by atoms with E-state index in [1.165, 1.54) is 29.3 Å². The van der Waals surface area contributed by atoms with Gasteiger partial charge in [-0.05, 0) is 54.1 Å². The molecule has 1 aliphatic heterocycles. The zero-order chi connectivity index (χ0) is 30.1. The molecule has 0 aliphatic carbocycles. The number of nitrogens with one attached hydrogen (secondary N) is 1. The predicted octanol–water partition coefficient (Wildman–Crippen LogP) is 6.20. The highest BCUT2D eigenvalue weighted by Crippen LogP contribution is 2.34. The molecule has 220 valence electrons. The zero-order valence-electron chi connectivity index (χ0n) is 21.7. The van der Waals surface area contributed by atoms with Gasteiger partial charge >= 0.3 is 6.36 Å². The topological polar surface area (TPSA) is 91.8 Å². The maximum absolute atomic E-state index is 13.3. The highest BCUT2D eigenvalue weighted by atomic mass is 35.5. The Morgan fingerprint density at radius 2 is 1.64 bits per heavy atom. The van der Waals surface area contributed by atoms with E-state index in [0.29, 0.717) is 48.2 Å². The number of hydrogen-bond donors (Lipinski definition) is 1. The van der Waals surface area contributed by atoms with Crippen molar-refractivity contribution in [1.82, 2.24) is 14.8 Å². The normalized spacial score (nSPS) is 14.6. The molecule has 1 amide bonds. The van der Waals surface area contributed by atoms with Gasteiger partial charge in [0, 0.05) is 59.9 Å². The molecule has 8 nitrogen and oxygen atoms in total. The minimum absolute atomic E-state index is 0.0842. The van der Waals surface area contributed by atoms with E-state index in [0.717, 1.165) is 17.7 Å². The molecule has 1 saturated heterocycles. The molecule has 0 bridgehead atoms. The van der Waals surface area contributed by atoms with Crippen LogP contribution in [0.25, 0.3) is 10.9 Å². The molecule has 0 radical (unpaired) electrons. The summed E-state index contributed by atoms with van der Waals surface area (Å²) in [6.45, 7) is 2.24. The molecule has 1 N–H and O–H groups in total. The lowest BCUT2D eigenvalue weighted by Crippen LogP contribution is -2.48. The van der Waals surface area contributed by atoms with Gasteiger partial charge in [0.25, 0.3) is 15.9 Å². The molecule has 4 aromatic rings. The van der Waals surface area contributed by atoms with Crippen LogP contribution in [0.15, 0.2) is 77.8 Å². The molecule has 1 aromatic heterocycles. The molecule has 5 rings (SSSR count). The van der Waals surface area contributed by atoms with Gasteiger partial charge in [-0.2, -0.15) is 0 Å². The molecular weight excluding hydrogens is 616 g/mol. The van der Waals surface area contributed by atoms with Crippen LogP contribution in [0.2, 0.25) is 10.0 Å². The number of carbonyl (C=O) groups excluding carboxylic acids is 1. The molecule has 0 spiro atoms. The van der Waals surface area contributed by atoms with E-state index in [9.17, 15) is 26.4 Å². The fourth-order valence-corrected chi connectivity index (χ4v) is 6.52. The summed E-state index contributed by atoms with van der Waals surface area (Å²) in [6.07, 6.45) is -3.73. The van der Waals surface area contributed by atoms with Crippen molar-refractivity contribution in [3.63, 3.8) is 0 Å². The Labute approximate surface area is 249 Å². The highest BCUT2D eigenvalue weighted by molar-refractivity contribution is 7.93. The quantitative estimate of drug-likeness (QED) is 0.259. The van der Waals surface area contributed by atoms with Crippen molar-refractivity contribution >= 4 is 55.7 Å². The molecule has 42 heavy (non-hydrogen) atoms. The number of ether oxygens (including phenoxy) is 1. The van der Waals surface area contributed by atoms with Crippen LogP contribution in [-0.4, -0.2) is 61.7 Å². The van der Waals surface area contributed by atoms with Gasteiger partial charge in [-0.25, -0.2) is 8.42 Å². The first-order valence-corrected chi connectivity index (χ1v) is 14.8. The van der Waals surface area contributed by atoms with Crippen molar-refractivity contribution in [2.45, 2.75) is 17.8 Å². The molecule has 0 saturated carbocycles. The van der Waals surface area contributed by atoms with Crippen molar-refractivity contribution in [1.29, 1.82) is 0 Å². The van der Waals surface area contributed by atoms with Crippen molar-refractivity contribution < 1.29 is 31.1 Å². The predicted molar refractivity (Wildman–Crippen MR) is 153 cm³/mol. The number of pyridine rings is 1. The second-order valence-corrected chi connectivity index (χ2v) is 12.1. The van der Waals surface area contributed by atoms with Gasteiger partial charge in [0.1, 0.15) is 4.90 Å². The van der Waals surface area contributed by atoms with E-state index < -0.39 is 33.7 Å². The van der Waals surface area contributed by atoms with Gasteiger partial charge in [0.2, 0.25) is 0 Å². The van der Waals surface area contributed by atoms with E-state index in [4.69, 9.17) is 23.2 Å². The van der Waals surface area contributed by atoms with Crippen LogP contribution in [0.3, 0.4) is 0 Å². The number of piperazine rings is 1. The third-order valence-corrected chi connectivity index (χ3v) is 8.41. The van der Waals surface area contributed by atoms with E-state index in [-0.39, 0.29) is 16.0 Å². The SMILES string of the molecule is O=C(c1ccc(NS(=O)(=O)c2cccc3cccnc23)c(OC(F)(F)F)c1)N1CCN(Cc2cc(Cl)cc(Cl)c2)CC1. The number of rotatable bonds is 7. The monoisotopic (exact) mass is 638 g/mol. The van der Waals surface area contributed by atoms with Crippen LogP contribution in [0, 0.1) is 0 Å². The highest BCUT2D eigenvalue weighted by Gasteiger charge is 2.34. The fourth-order valence-electron chi connectivity index (χ4n) is 4.69. The summed E-state index contributed by atoms with van der Waals surface area (Å²) < 4.78 is 72.7. The fraction of sp³-hybridized carbons (Fsp3) is 0.214. The molecule has 0 atom stereocenters. The first-order chi connectivity index (χ1) is 19.9. The lowest BCUT2D eigenvalue weighted by atomic mass is 10.1. The number of carbonyl (C=O) groups is 1. The second kappa shape index (κ2) is 12.0. The van der Waals surface area contributed by atoms with Crippen molar-refractivity contribution in [2.75, 3.05) is 30.9 Å². The maximum atomic E-state index is 13.3. The maximum Gasteiger partial charge on any atom is 0.573 e. The van der Waals surface area contributed by atoms with Crippen LogP contribution in [0.1, 0.15) is 15.9 Å². The molecular formula is C28H23Cl2F3N4O4S. The van der Waals surface area contributed by atoms with Crippen molar-refractivity contribution in [2.24, 2.45) is 0 Å². The van der Waals surface area contributed by atoms with Crippen molar-refractivity contribution in [3.05, 3.63) is 94.1 Å². The van der Waals surface area contributed by atoms with Gasteiger partial charge in [0.15, 0.2) is 5.75 Å². The molecule has 0 unspecified atom stereocenters. The van der Waals surface area contributed by atoms with Crippen LogP contribution >= 0.6 is 23.2 Å². The van der Waals surface area contributed by atoms with E-state index >= 15 is 0 Å². The number of aromatic nitrogens is 1. The number of amides is 1. The van der Waals surface area contributed by atoms with E-state index in [1.54, 1.807) is 36.4 Å². The summed E-state index contributed by atoms with van der Waals surface area (Å²) in [6, 6.07) is 16.2. The van der Waals surface area contributed by atoms with Gasteiger partial charge in [-0.15, -0.1) is 13.2 Å². The number of sulfonamides is 1. The average Bonchev–Trinajstić information content (AvgIpc) is 2.92. The number of halogens is 5. The second-order valence-electron chi connectivity index (χ2n) is 9.54. The Balaban J connectivity index is 1.34. The summed E-state index contributed by atoms with van der Waals surface area (Å²) in [7, 11) is -4.39. The summed E-state index contributed by atoms with van der Waals surface area (Å²) in [4.78, 5) is 20.7. The third-order valence-electron chi connectivity index (χ3n) is 6.57. The largest absolute Gasteiger partial charge is 0.573 e. The third kappa shape index (κ3) is 7.06. The molecule has 1 fully saturated rings. The standard InChI is InChI=1S/C28H23Cl2F3N4O4S/c29-21-13-18(14-22(30)16-21)17-36-9-11-37(12-10-36)27(38)20-6-7-23(24(15-20)41-28(31,32)33)35-42(39,40)25-5-1-3-19-4-2-8-34-26(19)25/h1-8,13-16,35H,9-12,17H2. The lowest BCUT2D eigenvalue weighted by Gasteiger charge is -2.35. The smallest absolute Gasteiger partial charge is 0.404 e. The van der Waals surface area contributed by atoms with Crippen LogP contribution in [-0.2, 0) is 16.6 Å². The summed E-state index contributed by atoms with van der Waals surface area (Å²) in [5, 5.41) is 1.56. The Morgan fingerprint density at radius 3 is 2.33 bits per heavy atom. The minimum Gasteiger partial charge on any atom is -0.404 e. The number of benzene rings is 3. The molecule has 1 aliphatic rings. The van der Waals surface area contributed by atoms with Gasteiger partial charge in [-0.3, -0.25) is 19.4 Å². The Hall–Kier alpha value is -3.58. The number of hydrogen-bond acceptors (Lipinski definition) is 6. The average molecular weight is 639 g/mol. The van der Waals surface area contributed by atoms with Gasteiger partial charge in [0.05, 0.1) is 11.2 Å². The van der Waals surface area contributed by atoms with Crippen molar-refractivity contribution in [3.8, 4) is 5.75 Å². The number of alkyl halides is 3. The summed E-state index contributed by atoms with van der Waals surface area (Å²) >= 11 is 12.2. The molecule has 3 aromatic carbocycles. The lowest BCUT2D eigenvalue weighted by molar-refractivity contribution is -0.274. The van der Waals surface area contributed by atoms with Crippen LogP contribution in [0.4, 0.5) is 18.9 Å². The zero-order valence-corrected chi connectivity index (χ0v) is 24.1. The number of nitrogens with zero attached hydrogens (tertiary/aromatic N) is 3.